The van der Waals surface area contributed by atoms with Crippen LogP contribution in [0.5, 0.6) is 0 Å². The van der Waals surface area contributed by atoms with Gasteiger partial charge in [-0.2, -0.15) is 0 Å². The summed E-state index contributed by atoms with van der Waals surface area (Å²) in [5.74, 6) is 2.82. The molecular formula is C28H23N3O3. The number of likely N-dealkylation sites (N-methyl/N-ethyl adjacent to an activating group) is 1. The van der Waals surface area contributed by atoms with Crippen LogP contribution in [0.4, 0.5) is 5.69 Å². The Morgan fingerprint density at radius 3 is 2.59 bits per heavy atom. The summed E-state index contributed by atoms with van der Waals surface area (Å²) in [6, 6.07) is 21.9. The Bertz CT molecular complexity index is 1380. The third-order valence-corrected chi connectivity index (χ3v) is 5.27. The number of anilines is 1. The topological polar surface area (TPSA) is 75.4 Å². The van der Waals surface area contributed by atoms with Gasteiger partial charge in [0.05, 0.1) is 18.3 Å². The van der Waals surface area contributed by atoms with Gasteiger partial charge in [0.2, 0.25) is 11.8 Å². The van der Waals surface area contributed by atoms with Crippen LogP contribution in [-0.4, -0.2) is 35.3 Å². The number of amides is 2. The van der Waals surface area contributed by atoms with Crippen molar-refractivity contribution >= 4 is 17.5 Å². The average Bonchev–Trinajstić information content (AvgIpc) is 3.34. The maximum absolute atomic E-state index is 13.2. The lowest BCUT2D eigenvalue weighted by atomic mass is 10.1. The van der Waals surface area contributed by atoms with Crippen molar-refractivity contribution in [2.75, 3.05) is 18.9 Å². The summed E-state index contributed by atoms with van der Waals surface area (Å²) in [5, 5.41) is 2.77. The minimum atomic E-state index is -0.333. The number of terminal acetylenes is 1. The SMILES string of the molecule is C#Cc1cccc(NC(=O)CN(C)C(=O)c2ccccc2-c2ncc(-c3ccc(C)cc3)o2)c1. The van der Waals surface area contributed by atoms with Crippen LogP contribution in [0.2, 0.25) is 0 Å². The van der Waals surface area contributed by atoms with Gasteiger partial charge in [-0.25, -0.2) is 4.98 Å². The zero-order valence-electron chi connectivity index (χ0n) is 18.9. The molecule has 0 radical (unpaired) electrons. The predicted octanol–water partition coefficient (Wildman–Crippen LogP) is 5.01. The number of hydrogen-bond acceptors (Lipinski definition) is 4. The molecule has 1 aromatic heterocycles. The van der Waals surface area contributed by atoms with Gasteiger partial charge >= 0.3 is 0 Å². The molecule has 34 heavy (non-hydrogen) atoms. The molecule has 6 nitrogen and oxygen atoms in total. The highest BCUT2D eigenvalue weighted by Crippen LogP contribution is 2.29. The van der Waals surface area contributed by atoms with Crippen LogP contribution in [0.3, 0.4) is 0 Å². The van der Waals surface area contributed by atoms with Gasteiger partial charge in [0.1, 0.15) is 0 Å². The second kappa shape index (κ2) is 9.88. The summed E-state index contributed by atoms with van der Waals surface area (Å²) in [4.78, 5) is 31.4. The molecular weight excluding hydrogens is 426 g/mol. The fraction of sp³-hybridized carbons (Fsp3) is 0.107. The van der Waals surface area contributed by atoms with E-state index in [2.05, 4.69) is 16.2 Å². The van der Waals surface area contributed by atoms with E-state index in [-0.39, 0.29) is 18.4 Å². The molecule has 0 aliphatic carbocycles. The highest BCUT2D eigenvalue weighted by molar-refractivity contribution is 6.02. The Balaban J connectivity index is 1.50. The monoisotopic (exact) mass is 449 g/mol. The van der Waals surface area contributed by atoms with Crippen molar-refractivity contribution in [2.45, 2.75) is 6.92 Å². The molecule has 4 rings (SSSR count). The zero-order valence-corrected chi connectivity index (χ0v) is 18.9. The number of benzene rings is 3. The summed E-state index contributed by atoms with van der Waals surface area (Å²) in [7, 11) is 1.57. The first kappa shape index (κ1) is 22.6. The largest absolute Gasteiger partial charge is 0.436 e. The molecule has 0 fully saturated rings. The minimum absolute atomic E-state index is 0.131. The lowest BCUT2D eigenvalue weighted by Gasteiger charge is -2.18. The van der Waals surface area contributed by atoms with Crippen molar-refractivity contribution in [1.29, 1.82) is 0 Å². The van der Waals surface area contributed by atoms with Crippen molar-refractivity contribution in [3.63, 3.8) is 0 Å². The van der Waals surface area contributed by atoms with Gasteiger partial charge in [-0.3, -0.25) is 9.59 Å². The highest BCUT2D eigenvalue weighted by Gasteiger charge is 2.21. The van der Waals surface area contributed by atoms with E-state index in [0.29, 0.717) is 34.0 Å². The average molecular weight is 450 g/mol. The number of aryl methyl sites for hydroxylation is 1. The van der Waals surface area contributed by atoms with Crippen molar-refractivity contribution in [1.82, 2.24) is 9.88 Å². The third kappa shape index (κ3) is 5.05. The van der Waals surface area contributed by atoms with Gasteiger partial charge < -0.3 is 14.6 Å². The van der Waals surface area contributed by atoms with E-state index < -0.39 is 0 Å². The Labute approximate surface area is 198 Å². The number of nitrogens with one attached hydrogen (secondary N) is 1. The maximum Gasteiger partial charge on any atom is 0.254 e. The first-order valence-electron chi connectivity index (χ1n) is 10.7. The Morgan fingerprint density at radius 1 is 1.06 bits per heavy atom. The summed E-state index contributed by atoms with van der Waals surface area (Å²) >= 11 is 0. The summed E-state index contributed by atoms with van der Waals surface area (Å²) in [5.41, 5.74) is 4.23. The summed E-state index contributed by atoms with van der Waals surface area (Å²) in [6.07, 6.45) is 7.05. The Hall–Kier alpha value is -4.63. The van der Waals surface area contributed by atoms with Crippen molar-refractivity contribution in [3.8, 4) is 35.1 Å². The molecule has 0 saturated carbocycles. The molecule has 6 heteroatoms. The second-order valence-electron chi connectivity index (χ2n) is 7.88. The van der Waals surface area contributed by atoms with Gasteiger partial charge in [-0.1, -0.05) is 53.9 Å². The molecule has 3 aromatic carbocycles. The molecule has 4 aromatic rings. The van der Waals surface area contributed by atoms with Gasteiger partial charge in [0, 0.05) is 29.4 Å². The Morgan fingerprint density at radius 2 is 1.82 bits per heavy atom. The zero-order chi connectivity index (χ0) is 24.1. The quantitative estimate of drug-likeness (QED) is 0.420. The van der Waals surface area contributed by atoms with Crippen LogP contribution < -0.4 is 5.32 Å². The van der Waals surface area contributed by atoms with Gasteiger partial charge in [-0.05, 0) is 37.3 Å². The normalized spacial score (nSPS) is 10.4. The van der Waals surface area contributed by atoms with Gasteiger partial charge in [0.25, 0.3) is 5.91 Å². The van der Waals surface area contributed by atoms with Crippen molar-refractivity contribution in [2.24, 2.45) is 0 Å². The van der Waals surface area contributed by atoms with E-state index in [0.717, 1.165) is 11.1 Å². The first-order valence-corrected chi connectivity index (χ1v) is 10.7. The molecule has 1 heterocycles. The summed E-state index contributed by atoms with van der Waals surface area (Å²) in [6.45, 7) is 1.89. The van der Waals surface area contributed by atoms with E-state index >= 15 is 0 Å². The van der Waals surface area contributed by atoms with Crippen molar-refractivity contribution < 1.29 is 14.0 Å². The lowest BCUT2D eigenvalue weighted by molar-refractivity contribution is -0.116. The van der Waals surface area contributed by atoms with Crippen LogP contribution >= 0.6 is 0 Å². The molecule has 0 spiro atoms. The number of carbonyl (C=O) groups excluding carboxylic acids is 2. The molecule has 168 valence electrons. The van der Waals surface area contributed by atoms with Crippen LogP contribution in [0.25, 0.3) is 22.8 Å². The number of carbonyl (C=O) groups is 2. The predicted molar refractivity (Wildman–Crippen MR) is 132 cm³/mol. The lowest BCUT2D eigenvalue weighted by Crippen LogP contribution is -2.35. The maximum atomic E-state index is 13.2. The third-order valence-electron chi connectivity index (χ3n) is 5.27. The molecule has 0 saturated heterocycles. The van der Waals surface area contributed by atoms with Gasteiger partial charge in [-0.15, -0.1) is 6.42 Å². The second-order valence-corrected chi connectivity index (χ2v) is 7.88. The van der Waals surface area contributed by atoms with Gasteiger partial charge in [0.15, 0.2) is 5.76 Å². The molecule has 2 amide bonds. The number of nitrogens with zero attached hydrogens (tertiary/aromatic N) is 2. The van der Waals surface area contributed by atoms with Crippen molar-refractivity contribution in [3.05, 3.63) is 95.7 Å². The van der Waals surface area contributed by atoms with Crippen LogP contribution in [-0.2, 0) is 4.79 Å². The molecule has 0 bridgehead atoms. The van der Waals surface area contributed by atoms with E-state index in [9.17, 15) is 9.59 Å². The fourth-order valence-corrected chi connectivity index (χ4v) is 3.49. The molecule has 0 unspecified atom stereocenters. The van der Waals surface area contributed by atoms with Crippen LogP contribution in [0, 0.1) is 19.3 Å². The number of hydrogen-bond donors (Lipinski definition) is 1. The van der Waals surface area contributed by atoms with E-state index in [1.165, 1.54) is 4.90 Å². The van der Waals surface area contributed by atoms with Crippen LogP contribution in [0.15, 0.2) is 83.4 Å². The molecule has 0 aliphatic rings. The van der Waals surface area contributed by atoms with E-state index in [4.69, 9.17) is 10.8 Å². The summed E-state index contributed by atoms with van der Waals surface area (Å²) < 4.78 is 5.97. The smallest absolute Gasteiger partial charge is 0.254 e. The first-order chi connectivity index (χ1) is 16.4. The number of rotatable bonds is 6. The van der Waals surface area contributed by atoms with E-state index in [1.807, 2.05) is 37.3 Å². The fourth-order valence-electron chi connectivity index (χ4n) is 3.49. The van der Waals surface area contributed by atoms with Crippen LogP contribution in [0.1, 0.15) is 21.5 Å². The Kier molecular flexibility index (Phi) is 6.56. The molecule has 0 atom stereocenters. The standard InChI is InChI=1S/C28H23N3O3/c1-4-20-8-7-9-22(16-20)30-26(32)18-31(3)28(33)24-11-6-5-10-23(24)27-29-17-25(34-27)21-14-12-19(2)13-15-21/h1,5-17H,18H2,2-3H3,(H,30,32). The van der Waals surface area contributed by atoms with E-state index in [1.54, 1.807) is 55.7 Å². The molecule has 1 N–H and O–H groups in total. The molecule has 0 aliphatic heterocycles. The number of aromatic nitrogens is 1. The highest BCUT2D eigenvalue weighted by atomic mass is 16.4. The minimum Gasteiger partial charge on any atom is -0.436 e. The number of oxazole rings is 1.